The molecule has 0 spiro atoms. The minimum absolute atomic E-state index is 0.405. The van der Waals surface area contributed by atoms with E-state index in [4.69, 9.17) is 0 Å². The van der Waals surface area contributed by atoms with Gasteiger partial charge in [-0.2, -0.15) is 5.11 Å². The van der Waals surface area contributed by atoms with Gasteiger partial charge in [0, 0.05) is 6.20 Å². The molecule has 1 aliphatic rings. The Morgan fingerprint density at radius 2 is 2.46 bits per heavy atom. The minimum atomic E-state index is 0.405. The fourth-order valence-electron chi connectivity index (χ4n) is 1.26. The van der Waals surface area contributed by atoms with E-state index in [1.165, 1.54) is 0 Å². The summed E-state index contributed by atoms with van der Waals surface area (Å²) in [6.45, 7) is 3.67. The van der Waals surface area contributed by atoms with Crippen molar-refractivity contribution in [2.75, 3.05) is 6.54 Å². The van der Waals surface area contributed by atoms with Crippen molar-refractivity contribution in [1.29, 1.82) is 0 Å². The van der Waals surface area contributed by atoms with Crippen molar-refractivity contribution < 1.29 is 0 Å². The molecule has 0 N–H and O–H groups in total. The number of hydrogen-bond donors (Lipinski definition) is 0. The molecule has 1 aliphatic heterocycles. The van der Waals surface area contributed by atoms with Crippen LogP contribution >= 0.6 is 0 Å². The third-order valence-corrected chi connectivity index (χ3v) is 2.08. The zero-order valence-corrected chi connectivity index (χ0v) is 7.59. The highest BCUT2D eigenvalue weighted by atomic mass is 15.6. The van der Waals surface area contributed by atoms with Crippen LogP contribution in [0.1, 0.15) is 12.6 Å². The van der Waals surface area contributed by atoms with E-state index in [2.05, 4.69) is 22.2 Å². The SMILES string of the molecule is CC1CN=NN1Cc1ccccn1. The fraction of sp³-hybridized carbons (Fsp3) is 0.444. The molecule has 4 nitrogen and oxygen atoms in total. The largest absolute Gasteiger partial charge is 0.268 e. The summed E-state index contributed by atoms with van der Waals surface area (Å²) in [6.07, 6.45) is 1.80. The van der Waals surface area contributed by atoms with Crippen LogP contribution in [0.4, 0.5) is 0 Å². The van der Waals surface area contributed by atoms with Crippen LogP contribution in [-0.2, 0) is 6.54 Å². The standard InChI is InChI=1S/C9H12N4/c1-8-6-11-12-13(8)7-9-4-2-3-5-10-9/h2-5,8H,6-7H2,1H3. The summed E-state index contributed by atoms with van der Waals surface area (Å²) in [5, 5.41) is 9.96. The van der Waals surface area contributed by atoms with Gasteiger partial charge >= 0.3 is 0 Å². The maximum Gasteiger partial charge on any atom is 0.0838 e. The van der Waals surface area contributed by atoms with Crippen molar-refractivity contribution in [3.63, 3.8) is 0 Å². The Morgan fingerprint density at radius 1 is 1.54 bits per heavy atom. The summed E-state index contributed by atoms with van der Waals surface area (Å²) in [4.78, 5) is 4.23. The summed E-state index contributed by atoms with van der Waals surface area (Å²) in [5.74, 6) is 0. The number of aromatic nitrogens is 1. The summed E-state index contributed by atoms with van der Waals surface area (Å²) >= 11 is 0. The van der Waals surface area contributed by atoms with Gasteiger partial charge in [0.05, 0.1) is 24.8 Å². The molecule has 2 heterocycles. The molecule has 0 saturated carbocycles. The van der Waals surface area contributed by atoms with Crippen LogP contribution in [-0.4, -0.2) is 22.6 Å². The molecule has 1 atom stereocenters. The monoisotopic (exact) mass is 176 g/mol. The molecule has 4 heteroatoms. The molecular formula is C9H12N4. The van der Waals surface area contributed by atoms with Crippen LogP contribution in [0.3, 0.4) is 0 Å². The van der Waals surface area contributed by atoms with Gasteiger partial charge in [0.15, 0.2) is 0 Å². The van der Waals surface area contributed by atoms with Gasteiger partial charge in [0.25, 0.3) is 0 Å². The predicted octanol–water partition coefficient (Wildman–Crippen LogP) is 1.65. The molecule has 0 aliphatic carbocycles. The van der Waals surface area contributed by atoms with Gasteiger partial charge < -0.3 is 0 Å². The van der Waals surface area contributed by atoms with Crippen LogP contribution in [0.5, 0.6) is 0 Å². The topological polar surface area (TPSA) is 40.9 Å². The molecule has 1 unspecified atom stereocenters. The quantitative estimate of drug-likeness (QED) is 0.687. The Bertz CT molecular complexity index is 296. The first kappa shape index (κ1) is 8.16. The Kier molecular flexibility index (Phi) is 2.21. The van der Waals surface area contributed by atoms with Gasteiger partial charge in [-0.1, -0.05) is 11.3 Å². The van der Waals surface area contributed by atoms with Gasteiger partial charge in [-0.15, -0.1) is 0 Å². The van der Waals surface area contributed by atoms with Crippen molar-refractivity contribution in [3.05, 3.63) is 30.1 Å². The third-order valence-electron chi connectivity index (χ3n) is 2.08. The zero-order chi connectivity index (χ0) is 9.10. The second-order valence-electron chi connectivity index (χ2n) is 3.18. The van der Waals surface area contributed by atoms with Crippen LogP contribution in [0.15, 0.2) is 34.7 Å². The maximum absolute atomic E-state index is 4.23. The number of rotatable bonds is 2. The Labute approximate surface area is 77.3 Å². The van der Waals surface area contributed by atoms with E-state index in [0.29, 0.717) is 6.04 Å². The summed E-state index contributed by atoms with van der Waals surface area (Å²) in [6, 6.07) is 6.31. The minimum Gasteiger partial charge on any atom is -0.268 e. The van der Waals surface area contributed by atoms with E-state index in [9.17, 15) is 0 Å². The molecule has 0 aromatic carbocycles. The first-order chi connectivity index (χ1) is 6.36. The zero-order valence-electron chi connectivity index (χ0n) is 7.59. The van der Waals surface area contributed by atoms with E-state index < -0.39 is 0 Å². The number of pyridine rings is 1. The Morgan fingerprint density at radius 3 is 3.08 bits per heavy atom. The molecule has 0 radical (unpaired) electrons. The van der Waals surface area contributed by atoms with Gasteiger partial charge in [-0.05, 0) is 19.1 Å². The molecule has 1 aromatic heterocycles. The van der Waals surface area contributed by atoms with Crippen molar-refractivity contribution in [2.45, 2.75) is 19.5 Å². The number of hydrogen-bond acceptors (Lipinski definition) is 4. The molecule has 0 amide bonds. The average molecular weight is 176 g/mol. The highest BCUT2D eigenvalue weighted by Gasteiger charge is 2.17. The van der Waals surface area contributed by atoms with Gasteiger partial charge in [-0.3, -0.25) is 9.99 Å². The maximum atomic E-state index is 4.23. The second-order valence-corrected chi connectivity index (χ2v) is 3.18. The van der Waals surface area contributed by atoms with Crippen LogP contribution in [0.2, 0.25) is 0 Å². The average Bonchev–Trinajstić information content (AvgIpc) is 2.54. The van der Waals surface area contributed by atoms with Crippen molar-refractivity contribution >= 4 is 0 Å². The lowest BCUT2D eigenvalue weighted by molar-refractivity contribution is 0.240. The lowest BCUT2D eigenvalue weighted by Gasteiger charge is -2.16. The molecule has 1 aromatic rings. The van der Waals surface area contributed by atoms with E-state index in [1.54, 1.807) is 6.20 Å². The first-order valence-electron chi connectivity index (χ1n) is 4.40. The van der Waals surface area contributed by atoms with Crippen LogP contribution in [0.25, 0.3) is 0 Å². The Hall–Kier alpha value is -1.45. The number of nitrogens with zero attached hydrogens (tertiary/aromatic N) is 4. The summed E-state index contributed by atoms with van der Waals surface area (Å²) in [5.41, 5.74) is 1.04. The molecule has 0 saturated heterocycles. The lowest BCUT2D eigenvalue weighted by Crippen LogP contribution is -2.25. The fourth-order valence-corrected chi connectivity index (χ4v) is 1.26. The van der Waals surface area contributed by atoms with E-state index in [1.807, 2.05) is 23.2 Å². The van der Waals surface area contributed by atoms with Crippen molar-refractivity contribution in [1.82, 2.24) is 9.99 Å². The molecule has 13 heavy (non-hydrogen) atoms. The molecule has 68 valence electrons. The van der Waals surface area contributed by atoms with E-state index in [-0.39, 0.29) is 0 Å². The second kappa shape index (κ2) is 3.51. The first-order valence-corrected chi connectivity index (χ1v) is 4.40. The van der Waals surface area contributed by atoms with Crippen LogP contribution < -0.4 is 0 Å². The van der Waals surface area contributed by atoms with Crippen molar-refractivity contribution in [3.8, 4) is 0 Å². The highest BCUT2D eigenvalue weighted by molar-refractivity contribution is 5.03. The molecular weight excluding hydrogens is 164 g/mol. The highest BCUT2D eigenvalue weighted by Crippen LogP contribution is 2.12. The van der Waals surface area contributed by atoms with E-state index >= 15 is 0 Å². The summed E-state index contributed by atoms with van der Waals surface area (Å²) in [7, 11) is 0. The molecule has 0 fully saturated rings. The van der Waals surface area contributed by atoms with Crippen molar-refractivity contribution in [2.24, 2.45) is 10.3 Å². The van der Waals surface area contributed by atoms with Gasteiger partial charge in [0.2, 0.25) is 0 Å². The predicted molar refractivity (Wildman–Crippen MR) is 49.0 cm³/mol. The van der Waals surface area contributed by atoms with Gasteiger partial charge in [0.1, 0.15) is 0 Å². The third kappa shape index (κ3) is 1.83. The molecule has 0 bridgehead atoms. The van der Waals surface area contributed by atoms with Crippen LogP contribution in [0, 0.1) is 0 Å². The van der Waals surface area contributed by atoms with E-state index in [0.717, 1.165) is 18.8 Å². The normalized spacial score (nSPS) is 21.0. The Balaban J connectivity index is 2.02. The summed E-state index contributed by atoms with van der Waals surface area (Å²) < 4.78 is 0. The smallest absolute Gasteiger partial charge is 0.0838 e. The van der Waals surface area contributed by atoms with Gasteiger partial charge in [-0.25, -0.2) is 0 Å². The molecule has 2 rings (SSSR count). The lowest BCUT2D eigenvalue weighted by atomic mass is 10.3.